The first-order valence-electron chi connectivity index (χ1n) is 9.87. The number of aliphatic imine (C=N–C) groups is 1. The van der Waals surface area contributed by atoms with Crippen LogP contribution in [-0.4, -0.2) is 61.6 Å². The summed E-state index contributed by atoms with van der Waals surface area (Å²) in [5, 5.41) is 3.52. The van der Waals surface area contributed by atoms with Crippen LogP contribution >= 0.6 is 24.0 Å². The van der Waals surface area contributed by atoms with Crippen molar-refractivity contribution < 1.29 is 0 Å². The molecule has 0 aromatic rings. The lowest BCUT2D eigenvalue weighted by Gasteiger charge is -2.22. The Morgan fingerprint density at radius 3 is 2.54 bits per heavy atom. The Kier molecular flexibility index (Phi) is 10.6. The molecule has 0 bridgehead atoms. The standard InChI is InChI=1S/C19H38N4.HI/c1-5-9-22-10-7-18(14-22)13-21-19(20-6-2)23-11-8-17(15-23)12-16(3)4;/h16-18H,5-15H2,1-4H3,(H,20,21);1H. The van der Waals surface area contributed by atoms with Gasteiger partial charge in [-0.05, 0) is 63.5 Å². The van der Waals surface area contributed by atoms with Crippen molar-refractivity contribution in [1.82, 2.24) is 15.1 Å². The van der Waals surface area contributed by atoms with Crippen LogP contribution in [0.4, 0.5) is 0 Å². The van der Waals surface area contributed by atoms with Crippen LogP contribution in [-0.2, 0) is 0 Å². The second-order valence-corrected chi connectivity index (χ2v) is 7.88. The van der Waals surface area contributed by atoms with E-state index in [0.29, 0.717) is 0 Å². The zero-order chi connectivity index (χ0) is 16.7. The third kappa shape index (κ3) is 7.06. The molecule has 0 radical (unpaired) electrons. The van der Waals surface area contributed by atoms with Gasteiger partial charge in [-0.1, -0.05) is 20.8 Å². The lowest BCUT2D eigenvalue weighted by Crippen LogP contribution is -2.40. The van der Waals surface area contributed by atoms with Gasteiger partial charge in [0.15, 0.2) is 5.96 Å². The highest BCUT2D eigenvalue weighted by Crippen LogP contribution is 2.23. The first-order chi connectivity index (χ1) is 11.1. The quantitative estimate of drug-likeness (QED) is 0.365. The summed E-state index contributed by atoms with van der Waals surface area (Å²) in [6, 6.07) is 0. The van der Waals surface area contributed by atoms with Crippen molar-refractivity contribution in [3.8, 4) is 0 Å². The molecular formula is C19H39IN4. The van der Waals surface area contributed by atoms with Crippen LogP contribution < -0.4 is 5.32 Å². The summed E-state index contributed by atoms with van der Waals surface area (Å²) in [4.78, 5) is 10.1. The van der Waals surface area contributed by atoms with Gasteiger partial charge in [-0.2, -0.15) is 0 Å². The molecule has 0 aliphatic carbocycles. The summed E-state index contributed by atoms with van der Waals surface area (Å²) in [7, 11) is 0. The van der Waals surface area contributed by atoms with Gasteiger partial charge in [-0.15, -0.1) is 24.0 Å². The Labute approximate surface area is 166 Å². The molecule has 0 aromatic carbocycles. The molecule has 5 heteroatoms. The van der Waals surface area contributed by atoms with E-state index < -0.39 is 0 Å². The van der Waals surface area contributed by atoms with Gasteiger partial charge in [0.2, 0.25) is 0 Å². The van der Waals surface area contributed by atoms with Gasteiger partial charge < -0.3 is 15.1 Å². The van der Waals surface area contributed by atoms with Crippen LogP contribution in [0.3, 0.4) is 0 Å². The largest absolute Gasteiger partial charge is 0.357 e. The molecule has 2 saturated heterocycles. The Balaban J connectivity index is 0.00000288. The van der Waals surface area contributed by atoms with Gasteiger partial charge in [0.05, 0.1) is 0 Å². The Bertz CT molecular complexity index is 372. The molecule has 0 spiro atoms. The highest BCUT2D eigenvalue weighted by molar-refractivity contribution is 14.0. The molecule has 0 aromatic heterocycles. The van der Waals surface area contributed by atoms with E-state index in [1.165, 1.54) is 58.4 Å². The van der Waals surface area contributed by atoms with Gasteiger partial charge in [-0.25, -0.2) is 0 Å². The van der Waals surface area contributed by atoms with Crippen molar-refractivity contribution in [2.45, 2.75) is 53.4 Å². The third-order valence-corrected chi connectivity index (χ3v) is 5.13. The van der Waals surface area contributed by atoms with Crippen molar-refractivity contribution in [3.63, 3.8) is 0 Å². The normalized spacial score (nSPS) is 25.4. The second kappa shape index (κ2) is 11.6. The molecule has 142 valence electrons. The molecule has 2 aliphatic heterocycles. The Morgan fingerprint density at radius 2 is 1.88 bits per heavy atom. The maximum absolute atomic E-state index is 4.99. The van der Waals surface area contributed by atoms with Gasteiger partial charge in [-0.3, -0.25) is 4.99 Å². The summed E-state index contributed by atoms with van der Waals surface area (Å²) in [6.07, 6.45) is 5.27. The maximum atomic E-state index is 4.99. The molecule has 2 atom stereocenters. The Morgan fingerprint density at radius 1 is 1.12 bits per heavy atom. The molecule has 0 saturated carbocycles. The number of nitrogens with one attached hydrogen (secondary N) is 1. The first-order valence-corrected chi connectivity index (χ1v) is 9.87. The molecule has 4 nitrogen and oxygen atoms in total. The summed E-state index contributed by atoms with van der Waals surface area (Å²) in [5.41, 5.74) is 0. The van der Waals surface area contributed by atoms with E-state index in [1.54, 1.807) is 0 Å². The highest BCUT2D eigenvalue weighted by atomic mass is 127. The fourth-order valence-electron chi connectivity index (χ4n) is 4.11. The van der Waals surface area contributed by atoms with Crippen molar-refractivity contribution in [1.29, 1.82) is 0 Å². The molecule has 2 heterocycles. The summed E-state index contributed by atoms with van der Waals surface area (Å²) in [6.45, 7) is 17.2. The molecule has 1 N–H and O–H groups in total. The average molecular weight is 450 g/mol. The number of guanidine groups is 1. The minimum absolute atomic E-state index is 0. The van der Waals surface area contributed by atoms with Crippen molar-refractivity contribution in [2.24, 2.45) is 22.7 Å². The van der Waals surface area contributed by atoms with Gasteiger partial charge >= 0.3 is 0 Å². The molecule has 0 amide bonds. The van der Waals surface area contributed by atoms with Gasteiger partial charge in [0.1, 0.15) is 0 Å². The van der Waals surface area contributed by atoms with Gasteiger partial charge in [0.25, 0.3) is 0 Å². The molecule has 2 aliphatic rings. The lowest BCUT2D eigenvalue weighted by atomic mass is 9.97. The average Bonchev–Trinajstić information content (AvgIpc) is 3.13. The highest BCUT2D eigenvalue weighted by Gasteiger charge is 2.26. The van der Waals surface area contributed by atoms with E-state index in [4.69, 9.17) is 4.99 Å². The SMILES string of the molecule is CCCN1CCC(CN=C(NCC)N2CCC(CC(C)C)C2)C1.I. The first kappa shape index (κ1) is 22.0. The van der Waals surface area contributed by atoms with E-state index in [-0.39, 0.29) is 24.0 Å². The van der Waals surface area contributed by atoms with Crippen molar-refractivity contribution in [2.75, 3.05) is 45.8 Å². The van der Waals surface area contributed by atoms with Crippen LogP contribution in [0.15, 0.2) is 4.99 Å². The number of rotatable bonds is 7. The maximum Gasteiger partial charge on any atom is 0.193 e. The molecule has 24 heavy (non-hydrogen) atoms. The molecule has 2 rings (SSSR count). The van der Waals surface area contributed by atoms with Crippen molar-refractivity contribution in [3.05, 3.63) is 0 Å². The van der Waals surface area contributed by atoms with E-state index >= 15 is 0 Å². The second-order valence-electron chi connectivity index (χ2n) is 7.88. The van der Waals surface area contributed by atoms with Crippen LogP contribution in [0.5, 0.6) is 0 Å². The predicted octanol–water partition coefficient (Wildman–Crippen LogP) is 3.67. The zero-order valence-electron chi connectivity index (χ0n) is 16.3. The number of halogens is 1. The molecule has 2 unspecified atom stereocenters. The van der Waals surface area contributed by atoms with Gasteiger partial charge in [0, 0.05) is 32.7 Å². The molecular weight excluding hydrogens is 411 g/mol. The number of likely N-dealkylation sites (tertiary alicyclic amines) is 2. The lowest BCUT2D eigenvalue weighted by molar-refractivity contribution is 0.326. The van der Waals surface area contributed by atoms with Crippen LogP contribution in [0, 0.1) is 17.8 Å². The van der Waals surface area contributed by atoms with E-state index in [9.17, 15) is 0 Å². The van der Waals surface area contributed by atoms with Crippen LogP contribution in [0.25, 0.3) is 0 Å². The Hall–Kier alpha value is -0.0400. The number of hydrogen-bond donors (Lipinski definition) is 1. The van der Waals surface area contributed by atoms with E-state index in [1.807, 2.05) is 0 Å². The number of nitrogens with zero attached hydrogens (tertiary/aromatic N) is 3. The number of hydrogen-bond acceptors (Lipinski definition) is 2. The zero-order valence-corrected chi connectivity index (χ0v) is 18.6. The topological polar surface area (TPSA) is 30.9 Å². The van der Waals surface area contributed by atoms with E-state index in [0.717, 1.165) is 36.8 Å². The monoisotopic (exact) mass is 450 g/mol. The van der Waals surface area contributed by atoms with Crippen LogP contribution in [0.1, 0.15) is 53.4 Å². The van der Waals surface area contributed by atoms with Crippen molar-refractivity contribution >= 4 is 29.9 Å². The summed E-state index contributed by atoms with van der Waals surface area (Å²) < 4.78 is 0. The third-order valence-electron chi connectivity index (χ3n) is 5.13. The minimum Gasteiger partial charge on any atom is -0.357 e. The van der Waals surface area contributed by atoms with Crippen LogP contribution in [0.2, 0.25) is 0 Å². The minimum atomic E-state index is 0. The fourth-order valence-corrected chi connectivity index (χ4v) is 4.11. The van der Waals surface area contributed by atoms with E-state index in [2.05, 4.69) is 42.8 Å². The summed E-state index contributed by atoms with van der Waals surface area (Å²) in [5.74, 6) is 3.57. The fraction of sp³-hybridized carbons (Fsp3) is 0.947. The molecule has 2 fully saturated rings. The summed E-state index contributed by atoms with van der Waals surface area (Å²) >= 11 is 0. The smallest absolute Gasteiger partial charge is 0.193 e. The predicted molar refractivity (Wildman–Crippen MR) is 115 cm³/mol.